The highest BCUT2D eigenvalue weighted by molar-refractivity contribution is 5.18. The highest BCUT2D eigenvalue weighted by Crippen LogP contribution is 2.19. The van der Waals surface area contributed by atoms with Crippen LogP contribution < -0.4 is 5.32 Å². The van der Waals surface area contributed by atoms with Crippen LogP contribution in [0.5, 0.6) is 0 Å². The average Bonchev–Trinajstić information content (AvgIpc) is 2.30. The Kier molecular flexibility index (Phi) is 6.10. The van der Waals surface area contributed by atoms with E-state index in [-0.39, 0.29) is 0 Å². The summed E-state index contributed by atoms with van der Waals surface area (Å²) in [7, 11) is 2.05. The van der Waals surface area contributed by atoms with Gasteiger partial charge in [0.1, 0.15) is 0 Å². The van der Waals surface area contributed by atoms with Crippen molar-refractivity contribution in [3.8, 4) is 0 Å². The first kappa shape index (κ1) is 12.3. The smallest absolute Gasteiger partial charge is 0.0317 e. The molecular weight excluding hydrogens is 182 g/mol. The second-order valence-corrected chi connectivity index (χ2v) is 4.10. The van der Waals surface area contributed by atoms with Crippen LogP contribution in [0.2, 0.25) is 0 Å². The molecule has 0 heterocycles. The third-order valence-corrected chi connectivity index (χ3v) is 2.90. The zero-order chi connectivity index (χ0) is 10.9. The molecule has 0 amide bonds. The second kappa shape index (κ2) is 7.47. The molecule has 15 heavy (non-hydrogen) atoms. The van der Waals surface area contributed by atoms with Crippen molar-refractivity contribution in [2.45, 2.75) is 45.1 Å². The number of hydrogen-bond acceptors (Lipinski definition) is 1. The van der Waals surface area contributed by atoms with E-state index in [9.17, 15) is 0 Å². The fourth-order valence-corrected chi connectivity index (χ4v) is 1.94. The van der Waals surface area contributed by atoms with E-state index in [4.69, 9.17) is 0 Å². The summed E-state index contributed by atoms with van der Waals surface area (Å²) in [4.78, 5) is 0. The van der Waals surface area contributed by atoms with Crippen molar-refractivity contribution in [1.29, 1.82) is 0 Å². The normalized spacial score (nSPS) is 12.7. The molecule has 1 N–H and O–H groups in total. The van der Waals surface area contributed by atoms with Crippen molar-refractivity contribution in [3.63, 3.8) is 0 Å². The molecule has 1 unspecified atom stereocenters. The minimum atomic E-state index is 0.531. The predicted molar refractivity (Wildman–Crippen MR) is 67.0 cm³/mol. The van der Waals surface area contributed by atoms with Crippen LogP contribution in [0.4, 0.5) is 0 Å². The van der Waals surface area contributed by atoms with Gasteiger partial charge >= 0.3 is 0 Å². The summed E-state index contributed by atoms with van der Waals surface area (Å²) < 4.78 is 0. The number of nitrogens with one attached hydrogen (secondary N) is 1. The molecular formula is C14H23N. The van der Waals surface area contributed by atoms with Gasteiger partial charge in [-0.3, -0.25) is 0 Å². The number of hydrogen-bond donors (Lipinski definition) is 1. The molecule has 0 aromatic heterocycles. The van der Waals surface area contributed by atoms with Crippen molar-refractivity contribution in [3.05, 3.63) is 35.9 Å². The second-order valence-electron chi connectivity index (χ2n) is 4.10. The Bertz CT molecular complexity index is 243. The van der Waals surface area contributed by atoms with Crippen molar-refractivity contribution >= 4 is 0 Å². The Morgan fingerprint density at radius 1 is 1.07 bits per heavy atom. The molecule has 1 nitrogen and oxygen atoms in total. The molecule has 84 valence electrons. The summed E-state index contributed by atoms with van der Waals surface area (Å²) in [5.41, 5.74) is 1.41. The largest absolute Gasteiger partial charge is 0.313 e. The van der Waals surface area contributed by atoms with E-state index >= 15 is 0 Å². The molecule has 0 aliphatic rings. The first-order valence-electron chi connectivity index (χ1n) is 6.10. The van der Waals surface area contributed by atoms with Gasteiger partial charge in [-0.15, -0.1) is 0 Å². The van der Waals surface area contributed by atoms with Crippen LogP contribution in [0.1, 0.15) is 50.6 Å². The zero-order valence-corrected chi connectivity index (χ0v) is 10.00. The molecule has 1 atom stereocenters. The fraction of sp³-hybridized carbons (Fsp3) is 0.571. The van der Waals surface area contributed by atoms with Gasteiger partial charge in [0.25, 0.3) is 0 Å². The molecule has 0 bridgehead atoms. The Morgan fingerprint density at radius 3 is 2.40 bits per heavy atom. The number of rotatable bonds is 7. The summed E-state index contributed by atoms with van der Waals surface area (Å²) >= 11 is 0. The van der Waals surface area contributed by atoms with Crippen LogP contribution in [0, 0.1) is 0 Å². The van der Waals surface area contributed by atoms with Crippen LogP contribution in [-0.2, 0) is 0 Å². The Balaban J connectivity index is 2.36. The van der Waals surface area contributed by atoms with Crippen molar-refractivity contribution in [2.24, 2.45) is 0 Å². The SMILES string of the molecule is CCCCCCC(NC)c1ccccc1. The van der Waals surface area contributed by atoms with E-state index in [1.165, 1.54) is 37.7 Å². The molecule has 0 saturated heterocycles. The third kappa shape index (κ3) is 4.48. The van der Waals surface area contributed by atoms with Gasteiger partial charge < -0.3 is 5.32 Å². The quantitative estimate of drug-likeness (QED) is 0.665. The monoisotopic (exact) mass is 205 g/mol. The van der Waals surface area contributed by atoms with Crippen LogP contribution in [0.15, 0.2) is 30.3 Å². The fourth-order valence-electron chi connectivity index (χ4n) is 1.94. The molecule has 1 aromatic carbocycles. The molecule has 0 aliphatic carbocycles. The maximum Gasteiger partial charge on any atom is 0.0317 e. The minimum Gasteiger partial charge on any atom is -0.313 e. The van der Waals surface area contributed by atoms with Gasteiger partial charge in [0, 0.05) is 6.04 Å². The van der Waals surface area contributed by atoms with Gasteiger partial charge in [0.2, 0.25) is 0 Å². The molecule has 0 radical (unpaired) electrons. The lowest BCUT2D eigenvalue weighted by molar-refractivity contribution is 0.505. The first-order valence-corrected chi connectivity index (χ1v) is 6.10. The maximum absolute atomic E-state index is 3.40. The van der Waals surface area contributed by atoms with Crippen molar-refractivity contribution in [1.82, 2.24) is 5.32 Å². The van der Waals surface area contributed by atoms with E-state index < -0.39 is 0 Å². The molecule has 0 fully saturated rings. The lowest BCUT2D eigenvalue weighted by Crippen LogP contribution is -2.16. The molecule has 1 heteroatoms. The average molecular weight is 205 g/mol. The molecule has 0 saturated carbocycles. The van der Waals surface area contributed by atoms with E-state index in [1.54, 1.807) is 0 Å². The standard InChI is InChI=1S/C14H23N/c1-3-4-5-9-12-14(15-2)13-10-7-6-8-11-13/h6-8,10-11,14-15H,3-5,9,12H2,1-2H3. The lowest BCUT2D eigenvalue weighted by Gasteiger charge is -2.16. The van der Waals surface area contributed by atoms with E-state index in [0.29, 0.717) is 6.04 Å². The van der Waals surface area contributed by atoms with Gasteiger partial charge in [-0.1, -0.05) is 62.9 Å². The summed E-state index contributed by atoms with van der Waals surface area (Å²) in [6, 6.07) is 11.3. The number of unbranched alkanes of at least 4 members (excludes halogenated alkanes) is 3. The van der Waals surface area contributed by atoms with Crippen LogP contribution in [0.25, 0.3) is 0 Å². The summed E-state index contributed by atoms with van der Waals surface area (Å²) in [5.74, 6) is 0. The van der Waals surface area contributed by atoms with E-state index in [2.05, 4.69) is 49.6 Å². The maximum atomic E-state index is 3.40. The first-order chi connectivity index (χ1) is 7.38. The zero-order valence-electron chi connectivity index (χ0n) is 10.00. The summed E-state index contributed by atoms with van der Waals surface area (Å²) in [6.07, 6.45) is 6.62. The summed E-state index contributed by atoms with van der Waals surface area (Å²) in [5, 5.41) is 3.40. The topological polar surface area (TPSA) is 12.0 Å². The third-order valence-electron chi connectivity index (χ3n) is 2.90. The van der Waals surface area contributed by atoms with Crippen LogP contribution >= 0.6 is 0 Å². The highest BCUT2D eigenvalue weighted by Gasteiger charge is 2.07. The van der Waals surface area contributed by atoms with Gasteiger partial charge in [-0.05, 0) is 19.0 Å². The van der Waals surface area contributed by atoms with Gasteiger partial charge in [-0.25, -0.2) is 0 Å². The number of benzene rings is 1. The molecule has 0 aliphatic heterocycles. The van der Waals surface area contributed by atoms with Crippen LogP contribution in [0.3, 0.4) is 0 Å². The molecule has 0 spiro atoms. The lowest BCUT2D eigenvalue weighted by atomic mass is 10.0. The van der Waals surface area contributed by atoms with E-state index in [1.807, 2.05) is 0 Å². The highest BCUT2D eigenvalue weighted by atomic mass is 14.9. The van der Waals surface area contributed by atoms with Gasteiger partial charge in [0.05, 0.1) is 0 Å². The molecule has 1 rings (SSSR count). The Hall–Kier alpha value is -0.820. The summed E-state index contributed by atoms with van der Waals surface area (Å²) in [6.45, 7) is 2.26. The Morgan fingerprint density at radius 2 is 1.80 bits per heavy atom. The Labute approximate surface area is 93.9 Å². The van der Waals surface area contributed by atoms with Crippen molar-refractivity contribution < 1.29 is 0 Å². The van der Waals surface area contributed by atoms with Gasteiger partial charge in [-0.2, -0.15) is 0 Å². The molecule has 1 aromatic rings. The van der Waals surface area contributed by atoms with Crippen molar-refractivity contribution in [2.75, 3.05) is 7.05 Å². The van der Waals surface area contributed by atoms with Crippen LogP contribution in [-0.4, -0.2) is 7.05 Å². The minimum absolute atomic E-state index is 0.531. The van der Waals surface area contributed by atoms with E-state index in [0.717, 1.165) is 0 Å². The predicted octanol–water partition coefficient (Wildman–Crippen LogP) is 3.92. The van der Waals surface area contributed by atoms with Gasteiger partial charge in [0.15, 0.2) is 0 Å².